The molecule has 0 radical (unpaired) electrons. The maximum Gasteiger partial charge on any atom is 0.346 e. The van der Waals surface area contributed by atoms with Gasteiger partial charge in [-0.15, -0.1) is 11.3 Å². The number of thiophene rings is 1. The van der Waals surface area contributed by atoms with Crippen LogP contribution in [0.2, 0.25) is 0 Å². The summed E-state index contributed by atoms with van der Waals surface area (Å²) in [7, 11) is 0. The zero-order valence-corrected chi connectivity index (χ0v) is 11.8. The Hall–Kier alpha value is -2.60. The molecule has 3 heterocycles. The lowest BCUT2D eigenvalue weighted by atomic mass is 10.0. The zero-order chi connectivity index (χ0) is 15.0. The van der Waals surface area contributed by atoms with Crippen molar-refractivity contribution in [3.63, 3.8) is 0 Å². The molecule has 0 aliphatic heterocycles. The first-order valence-corrected chi connectivity index (χ1v) is 6.90. The summed E-state index contributed by atoms with van der Waals surface area (Å²) in [5.74, 6) is -0.490. The molecule has 1 N–H and O–H groups in total. The smallest absolute Gasteiger partial charge is 0.346 e. The highest BCUT2D eigenvalue weighted by Gasteiger charge is 2.29. The molecule has 0 aliphatic carbocycles. The van der Waals surface area contributed by atoms with Gasteiger partial charge in [0.15, 0.2) is 5.78 Å². The van der Waals surface area contributed by atoms with E-state index in [0.29, 0.717) is 27.5 Å². The van der Waals surface area contributed by atoms with E-state index in [1.54, 1.807) is 24.3 Å². The quantitative estimate of drug-likeness (QED) is 0.731. The second kappa shape index (κ2) is 5.06. The molecule has 106 valence electrons. The third-order valence-corrected chi connectivity index (χ3v) is 4.24. The maximum atomic E-state index is 11.9. The first-order chi connectivity index (χ1) is 10.1. The molecule has 0 aromatic carbocycles. The predicted octanol–water partition coefficient (Wildman–Crippen LogP) is 4.17. The van der Waals surface area contributed by atoms with E-state index >= 15 is 0 Å². The van der Waals surface area contributed by atoms with Crippen molar-refractivity contribution in [2.75, 3.05) is 0 Å². The average Bonchev–Trinajstić information content (AvgIpc) is 3.17. The van der Waals surface area contributed by atoms with Crippen molar-refractivity contribution >= 4 is 23.1 Å². The number of carbonyl (C=O) groups is 2. The van der Waals surface area contributed by atoms with Crippen LogP contribution in [0.4, 0.5) is 0 Å². The minimum atomic E-state index is -1.10. The molecule has 0 saturated heterocycles. The Morgan fingerprint density at radius 1 is 1.00 bits per heavy atom. The third kappa shape index (κ3) is 2.19. The number of hydrogen-bond acceptors (Lipinski definition) is 5. The molecule has 0 aliphatic rings. The summed E-state index contributed by atoms with van der Waals surface area (Å²) in [5, 5.41) is 9.41. The topological polar surface area (TPSA) is 80.7 Å². The van der Waals surface area contributed by atoms with Crippen molar-refractivity contribution in [2.45, 2.75) is 6.92 Å². The number of carboxylic acid groups (broad SMARTS) is 1. The van der Waals surface area contributed by atoms with Gasteiger partial charge in [0.05, 0.1) is 28.5 Å². The largest absolute Gasteiger partial charge is 0.477 e. The molecule has 0 spiro atoms. The fourth-order valence-corrected chi connectivity index (χ4v) is 3.19. The normalized spacial score (nSPS) is 10.7. The van der Waals surface area contributed by atoms with E-state index in [2.05, 4.69) is 0 Å². The van der Waals surface area contributed by atoms with Crippen molar-refractivity contribution in [2.24, 2.45) is 0 Å². The molecule has 0 amide bonds. The number of aromatic carboxylic acids is 1. The average molecular weight is 302 g/mol. The monoisotopic (exact) mass is 302 g/mol. The summed E-state index contributed by atoms with van der Waals surface area (Å²) in [6.45, 7) is 1.40. The molecule has 5 nitrogen and oxygen atoms in total. The summed E-state index contributed by atoms with van der Waals surface area (Å²) >= 11 is 0.930. The van der Waals surface area contributed by atoms with Gasteiger partial charge in [0.2, 0.25) is 0 Å². The minimum Gasteiger partial charge on any atom is -0.477 e. The number of furan rings is 2. The molecule has 0 atom stereocenters. The van der Waals surface area contributed by atoms with E-state index in [9.17, 15) is 14.7 Å². The summed E-state index contributed by atoms with van der Waals surface area (Å²) < 4.78 is 10.7. The van der Waals surface area contributed by atoms with E-state index in [0.717, 1.165) is 11.3 Å². The molecular formula is C15H10O5S. The molecule has 0 unspecified atom stereocenters. The number of carbonyl (C=O) groups excluding carboxylic acids is 1. The minimum absolute atomic E-state index is 0.0570. The third-order valence-electron chi connectivity index (χ3n) is 2.96. The van der Waals surface area contributed by atoms with Crippen molar-refractivity contribution in [3.05, 3.63) is 46.5 Å². The first-order valence-electron chi connectivity index (χ1n) is 6.08. The van der Waals surface area contributed by atoms with Crippen LogP contribution in [-0.2, 0) is 0 Å². The van der Waals surface area contributed by atoms with E-state index < -0.39 is 5.97 Å². The molecule has 0 saturated carbocycles. The predicted molar refractivity (Wildman–Crippen MR) is 76.7 cm³/mol. The number of rotatable bonds is 4. The van der Waals surface area contributed by atoms with Gasteiger partial charge in [0.1, 0.15) is 16.4 Å². The van der Waals surface area contributed by atoms with Gasteiger partial charge < -0.3 is 13.9 Å². The van der Waals surface area contributed by atoms with Crippen LogP contribution in [0.15, 0.2) is 45.6 Å². The van der Waals surface area contributed by atoms with Gasteiger partial charge in [-0.25, -0.2) is 4.79 Å². The number of carboxylic acids is 1. The summed E-state index contributed by atoms with van der Waals surface area (Å²) in [6, 6.07) is 6.69. The highest BCUT2D eigenvalue weighted by molar-refractivity contribution is 7.17. The molecule has 6 heteroatoms. The molecule has 3 aromatic heterocycles. The highest BCUT2D eigenvalue weighted by Crippen LogP contribution is 2.43. The van der Waals surface area contributed by atoms with Gasteiger partial charge in [-0.1, -0.05) is 0 Å². The summed E-state index contributed by atoms with van der Waals surface area (Å²) in [6.07, 6.45) is 2.93. The summed E-state index contributed by atoms with van der Waals surface area (Å²) in [5.41, 5.74) is 0.836. The lowest BCUT2D eigenvalue weighted by molar-refractivity contribution is 0.0702. The maximum absolute atomic E-state index is 11.9. The highest BCUT2D eigenvalue weighted by atomic mass is 32.1. The second-order valence-electron chi connectivity index (χ2n) is 4.33. The molecule has 3 rings (SSSR count). The van der Waals surface area contributed by atoms with Crippen molar-refractivity contribution in [1.29, 1.82) is 0 Å². The number of Topliss-reactive ketones (excluding diaryl/α,β-unsaturated/α-hetero) is 1. The van der Waals surface area contributed by atoms with Gasteiger partial charge in [-0.3, -0.25) is 4.79 Å². The van der Waals surface area contributed by atoms with Crippen LogP contribution in [0, 0.1) is 0 Å². The standard InChI is InChI=1S/C15H10O5S/c1-8(16)13-11(9-4-2-6-19-9)12(10-5-3-7-20-10)14(21-13)15(17)18/h2-7H,1H3,(H,17,18). The van der Waals surface area contributed by atoms with Crippen molar-refractivity contribution in [1.82, 2.24) is 0 Å². The zero-order valence-electron chi connectivity index (χ0n) is 11.0. The van der Waals surface area contributed by atoms with Crippen molar-refractivity contribution < 1.29 is 23.5 Å². The Labute approximate surface area is 123 Å². The van der Waals surface area contributed by atoms with Crippen LogP contribution in [0.1, 0.15) is 26.3 Å². The second-order valence-corrected chi connectivity index (χ2v) is 5.35. The molecule has 0 fully saturated rings. The SMILES string of the molecule is CC(=O)c1sc(C(=O)O)c(-c2ccco2)c1-c1ccco1. The Bertz CT molecular complexity index is 727. The van der Waals surface area contributed by atoms with Crippen LogP contribution in [0.25, 0.3) is 22.6 Å². The van der Waals surface area contributed by atoms with Gasteiger partial charge in [-0.05, 0) is 31.2 Å². The van der Waals surface area contributed by atoms with Crippen LogP contribution in [0.3, 0.4) is 0 Å². The van der Waals surface area contributed by atoms with E-state index in [4.69, 9.17) is 8.83 Å². The lowest BCUT2D eigenvalue weighted by Crippen LogP contribution is -1.95. The molecular weight excluding hydrogens is 292 g/mol. The Kier molecular flexibility index (Phi) is 3.23. The molecule has 3 aromatic rings. The number of ketones is 1. The lowest BCUT2D eigenvalue weighted by Gasteiger charge is -2.02. The molecule has 21 heavy (non-hydrogen) atoms. The first kappa shape index (κ1) is 13.4. The van der Waals surface area contributed by atoms with Crippen molar-refractivity contribution in [3.8, 4) is 22.6 Å². The molecule has 0 bridgehead atoms. The van der Waals surface area contributed by atoms with Crippen LogP contribution in [-0.4, -0.2) is 16.9 Å². The fourth-order valence-electron chi connectivity index (χ4n) is 2.14. The van der Waals surface area contributed by atoms with E-state index in [1.807, 2.05) is 0 Å². The van der Waals surface area contributed by atoms with Gasteiger partial charge in [0, 0.05) is 0 Å². The van der Waals surface area contributed by atoms with Gasteiger partial charge >= 0.3 is 5.97 Å². The van der Waals surface area contributed by atoms with Gasteiger partial charge in [-0.2, -0.15) is 0 Å². The van der Waals surface area contributed by atoms with Crippen LogP contribution >= 0.6 is 11.3 Å². The Morgan fingerprint density at radius 2 is 1.52 bits per heavy atom. The van der Waals surface area contributed by atoms with Crippen LogP contribution < -0.4 is 0 Å². The Balaban J connectivity index is 2.39. The number of hydrogen-bond donors (Lipinski definition) is 1. The van der Waals surface area contributed by atoms with Gasteiger partial charge in [0.25, 0.3) is 0 Å². The fraction of sp³-hybridized carbons (Fsp3) is 0.0667. The van der Waals surface area contributed by atoms with E-state index in [1.165, 1.54) is 19.5 Å². The van der Waals surface area contributed by atoms with Crippen LogP contribution in [0.5, 0.6) is 0 Å². The summed E-state index contributed by atoms with van der Waals surface area (Å²) in [4.78, 5) is 23.8. The Morgan fingerprint density at radius 3 is 1.90 bits per heavy atom. The van der Waals surface area contributed by atoms with E-state index in [-0.39, 0.29) is 10.7 Å².